The third-order valence-electron chi connectivity index (χ3n) is 9.16. The van der Waals surface area contributed by atoms with Crippen LogP contribution in [0, 0.1) is 11.8 Å². The van der Waals surface area contributed by atoms with Crippen molar-refractivity contribution in [3.05, 3.63) is 12.2 Å². The molecule has 1 saturated carbocycles. The van der Waals surface area contributed by atoms with Crippen LogP contribution in [0.4, 0.5) is 0 Å². The SMILES string of the molecule is CCCCCCCCCCCCCC(=O)OC[C@H](CO)OC(=O)CCCCCC[C@@H]1[C@@H](/C=C/[C@@H](O)CCCCC)[C@H](O)C[C@@H]1O. The van der Waals surface area contributed by atoms with Gasteiger partial charge in [0.2, 0.25) is 0 Å². The zero-order valence-corrected chi connectivity index (χ0v) is 28.7. The van der Waals surface area contributed by atoms with Gasteiger partial charge >= 0.3 is 11.9 Å². The largest absolute Gasteiger partial charge is 0.462 e. The molecule has 0 heterocycles. The van der Waals surface area contributed by atoms with Crippen molar-refractivity contribution in [1.82, 2.24) is 0 Å². The molecule has 0 aromatic rings. The molecule has 45 heavy (non-hydrogen) atoms. The van der Waals surface area contributed by atoms with Crippen LogP contribution in [0.1, 0.15) is 162 Å². The Labute approximate surface area is 274 Å². The summed E-state index contributed by atoms with van der Waals surface area (Å²) in [6.07, 6.45) is 23.4. The second kappa shape index (κ2) is 27.6. The molecular formula is C37H68O8. The summed E-state index contributed by atoms with van der Waals surface area (Å²) in [4.78, 5) is 24.3. The number of rotatable bonds is 29. The second-order valence-electron chi connectivity index (χ2n) is 13.3. The number of unbranched alkanes of at least 4 members (excludes halogenated alkanes) is 15. The van der Waals surface area contributed by atoms with Crippen LogP contribution in [0.25, 0.3) is 0 Å². The van der Waals surface area contributed by atoms with E-state index >= 15 is 0 Å². The molecule has 0 aliphatic heterocycles. The minimum absolute atomic E-state index is 0.0352. The summed E-state index contributed by atoms with van der Waals surface area (Å²) >= 11 is 0. The van der Waals surface area contributed by atoms with Gasteiger partial charge in [-0.05, 0) is 31.6 Å². The summed E-state index contributed by atoms with van der Waals surface area (Å²) in [5.74, 6) is -0.916. The Bertz CT molecular complexity index is 757. The lowest BCUT2D eigenvalue weighted by molar-refractivity contribution is -0.161. The van der Waals surface area contributed by atoms with E-state index in [-0.39, 0.29) is 30.8 Å². The highest BCUT2D eigenvalue weighted by atomic mass is 16.6. The van der Waals surface area contributed by atoms with Crippen LogP contribution in [0.15, 0.2) is 12.2 Å². The minimum Gasteiger partial charge on any atom is -0.462 e. The Morgan fingerprint density at radius 1 is 0.733 bits per heavy atom. The lowest BCUT2D eigenvalue weighted by Gasteiger charge is -2.21. The second-order valence-corrected chi connectivity index (χ2v) is 13.3. The molecule has 1 rings (SSSR count). The van der Waals surface area contributed by atoms with Crippen molar-refractivity contribution in [2.24, 2.45) is 11.8 Å². The van der Waals surface area contributed by atoms with E-state index in [1.54, 1.807) is 6.08 Å². The van der Waals surface area contributed by atoms with Gasteiger partial charge < -0.3 is 29.9 Å². The summed E-state index contributed by atoms with van der Waals surface area (Å²) in [6, 6.07) is 0. The van der Waals surface area contributed by atoms with Crippen LogP contribution in [-0.2, 0) is 19.1 Å². The van der Waals surface area contributed by atoms with E-state index in [2.05, 4.69) is 13.8 Å². The number of carbonyl (C=O) groups is 2. The molecule has 1 aliphatic carbocycles. The fraction of sp³-hybridized carbons (Fsp3) is 0.892. The van der Waals surface area contributed by atoms with Gasteiger partial charge in [0.1, 0.15) is 6.61 Å². The summed E-state index contributed by atoms with van der Waals surface area (Å²) in [5.41, 5.74) is 0. The van der Waals surface area contributed by atoms with Gasteiger partial charge in [-0.3, -0.25) is 9.59 Å². The minimum atomic E-state index is -0.843. The number of hydrogen-bond acceptors (Lipinski definition) is 8. The molecule has 0 spiro atoms. The van der Waals surface area contributed by atoms with E-state index in [0.717, 1.165) is 64.2 Å². The molecule has 0 saturated heterocycles. The maximum absolute atomic E-state index is 12.3. The highest BCUT2D eigenvalue weighted by Gasteiger charge is 2.39. The van der Waals surface area contributed by atoms with Crippen molar-refractivity contribution in [3.8, 4) is 0 Å². The zero-order valence-electron chi connectivity index (χ0n) is 28.7. The number of aliphatic hydroxyl groups excluding tert-OH is 4. The number of ether oxygens (including phenoxy) is 2. The number of aliphatic hydroxyl groups is 4. The van der Waals surface area contributed by atoms with Crippen LogP contribution in [-0.4, -0.2) is 70.0 Å². The quantitative estimate of drug-likeness (QED) is 0.0379. The molecule has 8 nitrogen and oxygen atoms in total. The smallest absolute Gasteiger partial charge is 0.306 e. The van der Waals surface area contributed by atoms with Gasteiger partial charge in [0.05, 0.1) is 24.9 Å². The summed E-state index contributed by atoms with van der Waals surface area (Å²) < 4.78 is 10.5. The first-order valence-corrected chi connectivity index (χ1v) is 18.5. The topological polar surface area (TPSA) is 134 Å². The maximum atomic E-state index is 12.3. The molecule has 0 aromatic carbocycles. The Morgan fingerprint density at radius 3 is 1.87 bits per heavy atom. The lowest BCUT2D eigenvalue weighted by atomic mass is 9.88. The molecule has 6 atom stereocenters. The highest BCUT2D eigenvalue weighted by Crippen LogP contribution is 2.37. The average Bonchev–Trinajstić information content (AvgIpc) is 3.29. The number of esters is 2. The third kappa shape index (κ3) is 21.1. The first-order chi connectivity index (χ1) is 21.8. The van der Waals surface area contributed by atoms with Gasteiger partial charge in [-0.15, -0.1) is 0 Å². The summed E-state index contributed by atoms with van der Waals surface area (Å²) in [6.45, 7) is 3.85. The summed E-state index contributed by atoms with van der Waals surface area (Å²) in [7, 11) is 0. The zero-order chi connectivity index (χ0) is 33.1. The molecule has 8 heteroatoms. The average molecular weight is 641 g/mol. The Balaban J connectivity index is 2.13. The van der Waals surface area contributed by atoms with E-state index in [4.69, 9.17) is 9.47 Å². The fourth-order valence-electron chi connectivity index (χ4n) is 6.30. The van der Waals surface area contributed by atoms with Crippen molar-refractivity contribution < 1.29 is 39.5 Å². The predicted molar refractivity (Wildman–Crippen MR) is 180 cm³/mol. The molecule has 264 valence electrons. The third-order valence-corrected chi connectivity index (χ3v) is 9.16. The molecular weight excluding hydrogens is 572 g/mol. The Kier molecular flexibility index (Phi) is 25.5. The van der Waals surface area contributed by atoms with Crippen molar-refractivity contribution >= 4 is 11.9 Å². The van der Waals surface area contributed by atoms with E-state index in [1.807, 2.05) is 6.08 Å². The van der Waals surface area contributed by atoms with E-state index in [0.29, 0.717) is 25.7 Å². The Morgan fingerprint density at radius 2 is 1.27 bits per heavy atom. The van der Waals surface area contributed by atoms with Gasteiger partial charge in [-0.2, -0.15) is 0 Å². The highest BCUT2D eigenvalue weighted by molar-refractivity contribution is 5.70. The van der Waals surface area contributed by atoms with Gasteiger partial charge in [0.15, 0.2) is 6.10 Å². The monoisotopic (exact) mass is 640 g/mol. The number of carbonyl (C=O) groups excluding carboxylic acids is 2. The van der Waals surface area contributed by atoms with Crippen LogP contribution in [0.2, 0.25) is 0 Å². The molecule has 0 aromatic heterocycles. The van der Waals surface area contributed by atoms with Crippen LogP contribution in [0.5, 0.6) is 0 Å². The molecule has 1 fully saturated rings. The van der Waals surface area contributed by atoms with Crippen LogP contribution in [0.3, 0.4) is 0 Å². The van der Waals surface area contributed by atoms with E-state index in [1.165, 1.54) is 51.4 Å². The van der Waals surface area contributed by atoms with E-state index < -0.39 is 37.0 Å². The van der Waals surface area contributed by atoms with Gasteiger partial charge in [0.25, 0.3) is 0 Å². The summed E-state index contributed by atoms with van der Waals surface area (Å²) in [5, 5.41) is 40.7. The van der Waals surface area contributed by atoms with Crippen molar-refractivity contribution in [1.29, 1.82) is 0 Å². The first kappa shape index (κ1) is 41.5. The lowest BCUT2D eigenvalue weighted by Crippen LogP contribution is -2.28. The van der Waals surface area contributed by atoms with Crippen molar-refractivity contribution in [3.63, 3.8) is 0 Å². The van der Waals surface area contributed by atoms with Crippen LogP contribution >= 0.6 is 0 Å². The normalized spacial score (nSPS) is 21.3. The molecule has 0 unspecified atom stereocenters. The van der Waals surface area contributed by atoms with Gasteiger partial charge in [0, 0.05) is 25.2 Å². The van der Waals surface area contributed by atoms with Gasteiger partial charge in [-0.25, -0.2) is 0 Å². The van der Waals surface area contributed by atoms with Crippen LogP contribution < -0.4 is 0 Å². The standard InChI is InChI=1S/C37H68O8/c1-3-5-7-8-9-10-11-12-13-14-19-23-36(42)44-29-31(28-38)45-37(43)24-20-16-15-18-22-32-33(35(41)27-34(32)40)26-25-30(39)21-17-6-4-2/h25-26,30-35,38-41H,3-24,27-29H2,1-2H3/b26-25+/t30-,31-,32+,33+,34-,35+/m0/s1. The maximum Gasteiger partial charge on any atom is 0.306 e. The first-order valence-electron chi connectivity index (χ1n) is 18.5. The van der Waals surface area contributed by atoms with Crippen molar-refractivity contribution in [2.75, 3.05) is 13.2 Å². The predicted octanol–water partition coefficient (Wildman–Crippen LogP) is 7.33. The van der Waals surface area contributed by atoms with E-state index in [9.17, 15) is 30.0 Å². The molecule has 0 radical (unpaired) electrons. The van der Waals surface area contributed by atoms with Gasteiger partial charge in [-0.1, -0.05) is 129 Å². The molecule has 0 bridgehead atoms. The molecule has 1 aliphatic rings. The Hall–Kier alpha value is -1.48. The molecule has 4 N–H and O–H groups in total. The van der Waals surface area contributed by atoms with Crippen molar-refractivity contribution in [2.45, 2.75) is 186 Å². The fourth-order valence-corrected chi connectivity index (χ4v) is 6.30. The number of hydrogen-bond donors (Lipinski definition) is 4. The molecule has 0 amide bonds.